The molecule has 1 aromatic heterocycles. The molecule has 0 radical (unpaired) electrons. The van der Waals surface area contributed by atoms with Crippen molar-refractivity contribution in [1.82, 2.24) is 0 Å². The van der Waals surface area contributed by atoms with Crippen LogP contribution < -0.4 is 0 Å². The highest BCUT2D eigenvalue weighted by molar-refractivity contribution is 7.08. The number of allylic oxidation sites excluding steroid dienone is 1. The number of hydrogen-bond acceptors (Lipinski definition) is 2. The van der Waals surface area contributed by atoms with Gasteiger partial charge in [-0.3, -0.25) is 0 Å². The van der Waals surface area contributed by atoms with Crippen molar-refractivity contribution in [3.8, 4) is 11.5 Å². The lowest BCUT2D eigenvalue weighted by atomic mass is 10.1. The third-order valence-electron chi connectivity index (χ3n) is 1.70. The second kappa shape index (κ2) is 5.31. The average Bonchev–Trinajstić information content (AvgIpc) is 2.63. The fourth-order valence-corrected chi connectivity index (χ4v) is 2.17. The Balaban J connectivity index is 2.95. The smallest absolute Gasteiger partial charge is 0.129 e. The van der Waals surface area contributed by atoms with Gasteiger partial charge in [-0.05, 0) is 22.9 Å². The van der Waals surface area contributed by atoms with E-state index in [0.29, 0.717) is 0 Å². The van der Waals surface area contributed by atoms with Crippen LogP contribution in [0.25, 0.3) is 5.57 Å². The van der Waals surface area contributed by atoms with Gasteiger partial charge in [0.2, 0.25) is 0 Å². The summed E-state index contributed by atoms with van der Waals surface area (Å²) in [6.45, 7) is 6.68. The molecule has 0 amide bonds. The van der Waals surface area contributed by atoms with Crippen LogP contribution in [0.4, 0.5) is 0 Å². The van der Waals surface area contributed by atoms with Gasteiger partial charge < -0.3 is 5.11 Å². The summed E-state index contributed by atoms with van der Waals surface area (Å²) in [6, 6.07) is 2.03. The molecule has 3 heteroatoms. The van der Waals surface area contributed by atoms with Crippen molar-refractivity contribution in [2.45, 2.75) is 19.6 Å². The highest BCUT2D eigenvalue weighted by Gasteiger charge is 2.08. The summed E-state index contributed by atoms with van der Waals surface area (Å²) in [4.78, 5) is 0. The maximum atomic E-state index is 8.94. The molecular weight excluding hydrogens is 220 g/mol. The Hall–Kier alpha value is -0.823. The van der Waals surface area contributed by atoms with Gasteiger partial charge in [0.25, 0.3) is 0 Å². The molecule has 0 fully saturated rings. The summed E-state index contributed by atoms with van der Waals surface area (Å²) in [6.07, 6.45) is 1.77. The summed E-state index contributed by atoms with van der Waals surface area (Å²) in [5, 5.41) is 13.0. The quantitative estimate of drug-likeness (QED) is 0.618. The molecule has 0 saturated heterocycles. The molecule has 1 N–H and O–H groups in total. The van der Waals surface area contributed by atoms with Crippen LogP contribution in [0.15, 0.2) is 22.9 Å². The lowest BCUT2D eigenvalue weighted by molar-refractivity contribution is 0.343. The molecule has 1 heterocycles. The van der Waals surface area contributed by atoms with E-state index >= 15 is 0 Å². The fourth-order valence-electron chi connectivity index (χ4n) is 1.00. The van der Waals surface area contributed by atoms with Crippen molar-refractivity contribution in [3.05, 3.63) is 28.5 Å². The Bertz CT molecular complexity index is 387. The van der Waals surface area contributed by atoms with Crippen LogP contribution in [0.1, 0.15) is 5.56 Å². The van der Waals surface area contributed by atoms with E-state index in [1.54, 1.807) is 17.4 Å². The van der Waals surface area contributed by atoms with Gasteiger partial charge in [-0.2, -0.15) is 11.3 Å². The van der Waals surface area contributed by atoms with E-state index in [0.717, 1.165) is 11.1 Å². The van der Waals surface area contributed by atoms with E-state index in [2.05, 4.69) is 36.5 Å². The van der Waals surface area contributed by atoms with Gasteiger partial charge in [0, 0.05) is 11.1 Å². The Kier molecular flexibility index (Phi) is 4.34. The van der Waals surface area contributed by atoms with E-state index < -0.39 is 8.07 Å². The van der Waals surface area contributed by atoms with Gasteiger partial charge in [-0.25, -0.2) is 0 Å². The number of hydrogen-bond donors (Lipinski definition) is 1. The predicted octanol–water partition coefficient (Wildman–Crippen LogP) is 3.00. The largest absolute Gasteiger partial charge is 0.392 e. The molecule has 0 aliphatic rings. The van der Waals surface area contributed by atoms with E-state index in [1.165, 1.54) is 0 Å². The monoisotopic (exact) mass is 236 g/mol. The lowest BCUT2D eigenvalue weighted by Gasteiger charge is -2.04. The summed E-state index contributed by atoms with van der Waals surface area (Å²) in [5.74, 6) is 3.18. The second-order valence-electron chi connectivity index (χ2n) is 4.31. The Morgan fingerprint density at radius 3 is 2.73 bits per heavy atom. The molecule has 0 bridgehead atoms. The van der Waals surface area contributed by atoms with Crippen LogP contribution in [0.5, 0.6) is 0 Å². The molecule has 1 rings (SSSR count). The second-order valence-corrected chi connectivity index (χ2v) is 9.84. The zero-order valence-electron chi connectivity index (χ0n) is 9.37. The van der Waals surface area contributed by atoms with Gasteiger partial charge in [-0.1, -0.05) is 25.6 Å². The summed E-state index contributed by atoms with van der Waals surface area (Å²) >= 11 is 1.65. The minimum Gasteiger partial charge on any atom is -0.392 e. The Morgan fingerprint density at radius 2 is 2.27 bits per heavy atom. The topological polar surface area (TPSA) is 20.2 Å². The molecule has 0 atom stereocenters. The first kappa shape index (κ1) is 12.2. The van der Waals surface area contributed by atoms with Crippen molar-refractivity contribution in [3.63, 3.8) is 0 Å². The molecule has 15 heavy (non-hydrogen) atoms. The fraction of sp³-hybridized carbons (Fsp3) is 0.333. The predicted molar refractivity (Wildman–Crippen MR) is 70.5 cm³/mol. The third-order valence-corrected chi connectivity index (χ3v) is 3.26. The zero-order chi connectivity index (χ0) is 11.3. The van der Waals surface area contributed by atoms with Crippen molar-refractivity contribution in [2.24, 2.45) is 0 Å². The highest BCUT2D eigenvalue weighted by Crippen LogP contribution is 2.16. The number of thiophene rings is 1. The molecule has 0 unspecified atom stereocenters. The van der Waals surface area contributed by atoms with E-state index in [4.69, 9.17) is 5.11 Å². The van der Waals surface area contributed by atoms with Gasteiger partial charge in [-0.15, -0.1) is 5.54 Å². The lowest BCUT2D eigenvalue weighted by Crippen LogP contribution is -2.16. The molecule has 0 saturated carbocycles. The van der Waals surface area contributed by atoms with Crippen LogP contribution in [0, 0.1) is 11.5 Å². The van der Waals surface area contributed by atoms with Crippen LogP contribution in [0.3, 0.4) is 0 Å². The molecule has 80 valence electrons. The Morgan fingerprint density at radius 1 is 1.53 bits per heavy atom. The average molecular weight is 236 g/mol. The zero-order valence-corrected chi connectivity index (χ0v) is 11.2. The van der Waals surface area contributed by atoms with Crippen LogP contribution in [0.2, 0.25) is 19.6 Å². The number of aliphatic hydroxyl groups excluding tert-OH is 1. The normalized spacial score (nSPS) is 12.1. The van der Waals surface area contributed by atoms with Gasteiger partial charge >= 0.3 is 0 Å². The maximum Gasteiger partial charge on any atom is 0.129 e. The van der Waals surface area contributed by atoms with Gasteiger partial charge in [0.15, 0.2) is 0 Å². The third kappa shape index (κ3) is 4.48. The Labute approximate surface area is 96.5 Å². The van der Waals surface area contributed by atoms with E-state index in [1.807, 2.05) is 11.4 Å². The molecular formula is C12H16OSSi. The first-order chi connectivity index (χ1) is 7.03. The number of aliphatic hydroxyl groups is 1. The summed E-state index contributed by atoms with van der Waals surface area (Å²) in [7, 11) is -1.34. The molecule has 0 aliphatic heterocycles. The van der Waals surface area contributed by atoms with Crippen molar-refractivity contribution in [2.75, 3.05) is 6.61 Å². The molecule has 1 aromatic rings. The SMILES string of the molecule is C[Si](C)(C)C#CC(=CCO)c1ccsc1. The van der Waals surface area contributed by atoms with Crippen molar-refractivity contribution >= 4 is 25.0 Å². The minimum absolute atomic E-state index is 0.0472. The minimum atomic E-state index is -1.34. The van der Waals surface area contributed by atoms with Crippen molar-refractivity contribution in [1.29, 1.82) is 0 Å². The van der Waals surface area contributed by atoms with Gasteiger partial charge in [0.1, 0.15) is 8.07 Å². The van der Waals surface area contributed by atoms with Crippen LogP contribution >= 0.6 is 11.3 Å². The van der Waals surface area contributed by atoms with E-state index in [9.17, 15) is 0 Å². The first-order valence-electron chi connectivity index (χ1n) is 4.90. The summed E-state index contributed by atoms with van der Waals surface area (Å²) < 4.78 is 0. The standard InChI is InChI=1S/C12H16OSSi/c1-15(2,3)9-6-11(4-7-13)12-5-8-14-10-12/h4-5,8,10,13H,7H2,1-3H3. The van der Waals surface area contributed by atoms with Crippen molar-refractivity contribution < 1.29 is 5.11 Å². The number of rotatable bonds is 2. The van der Waals surface area contributed by atoms with Crippen LogP contribution in [-0.4, -0.2) is 19.8 Å². The highest BCUT2D eigenvalue weighted by atomic mass is 32.1. The first-order valence-corrected chi connectivity index (χ1v) is 9.34. The molecule has 0 aliphatic carbocycles. The van der Waals surface area contributed by atoms with E-state index in [-0.39, 0.29) is 6.61 Å². The molecule has 0 aromatic carbocycles. The maximum absolute atomic E-state index is 8.94. The van der Waals surface area contributed by atoms with Crippen LogP contribution in [-0.2, 0) is 0 Å². The van der Waals surface area contributed by atoms with Gasteiger partial charge in [0.05, 0.1) is 6.61 Å². The summed E-state index contributed by atoms with van der Waals surface area (Å²) in [5.41, 5.74) is 5.37. The molecule has 0 spiro atoms. The molecule has 1 nitrogen and oxygen atoms in total.